The van der Waals surface area contributed by atoms with Gasteiger partial charge in [0.05, 0.1) is 5.56 Å². The van der Waals surface area contributed by atoms with Crippen molar-refractivity contribution in [2.45, 2.75) is 26.2 Å². The molecule has 4 nitrogen and oxygen atoms in total. The quantitative estimate of drug-likeness (QED) is 0.875. The molecule has 1 heterocycles. The highest BCUT2D eigenvalue weighted by molar-refractivity contribution is 5.92. The summed E-state index contributed by atoms with van der Waals surface area (Å²) in [7, 11) is 0. The van der Waals surface area contributed by atoms with Gasteiger partial charge in [0.1, 0.15) is 5.75 Å². The molecule has 0 saturated heterocycles. The zero-order chi connectivity index (χ0) is 14.4. The fraction of sp³-hybridized carbons (Fsp3) is 0.250. The first-order chi connectivity index (χ1) is 9.69. The molecule has 1 aromatic heterocycles. The molecule has 4 heteroatoms. The molecule has 104 valence electrons. The highest BCUT2D eigenvalue weighted by Crippen LogP contribution is 2.20. The van der Waals surface area contributed by atoms with Crippen molar-refractivity contribution in [1.29, 1.82) is 0 Å². The van der Waals surface area contributed by atoms with Crippen molar-refractivity contribution in [2.24, 2.45) is 5.73 Å². The molecule has 0 atom stereocenters. The van der Waals surface area contributed by atoms with Gasteiger partial charge in [0.2, 0.25) is 11.8 Å². The Kier molecular flexibility index (Phi) is 4.71. The summed E-state index contributed by atoms with van der Waals surface area (Å²) in [4.78, 5) is 15.0. The van der Waals surface area contributed by atoms with Crippen LogP contribution in [-0.4, -0.2) is 10.9 Å². The van der Waals surface area contributed by atoms with Crippen LogP contribution in [0, 0.1) is 0 Å². The molecule has 0 aliphatic heterocycles. The van der Waals surface area contributed by atoms with Crippen molar-refractivity contribution in [3.8, 4) is 11.6 Å². The third-order valence-electron chi connectivity index (χ3n) is 2.99. The lowest BCUT2D eigenvalue weighted by Gasteiger charge is -2.06. The number of hydrogen-bond acceptors (Lipinski definition) is 3. The summed E-state index contributed by atoms with van der Waals surface area (Å²) in [5.74, 6) is 0.671. The zero-order valence-corrected chi connectivity index (χ0v) is 11.5. The minimum absolute atomic E-state index is 0.368. The summed E-state index contributed by atoms with van der Waals surface area (Å²) in [5, 5.41) is 0. The van der Waals surface area contributed by atoms with E-state index < -0.39 is 5.91 Å². The highest BCUT2D eigenvalue weighted by atomic mass is 16.5. The van der Waals surface area contributed by atoms with Crippen LogP contribution in [0.2, 0.25) is 0 Å². The Morgan fingerprint density at radius 2 is 1.95 bits per heavy atom. The van der Waals surface area contributed by atoms with Gasteiger partial charge in [0.25, 0.3) is 0 Å². The van der Waals surface area contributed by atoms with Gasteiger partial charge in [-0.05, 0) is 36.6 Å². The lowest BCUT2D eigenvalue weighted by atomic mass is 10.1. The predicted octanol–water partition coefficient (Wildman–Crippen LogP) is 3.32. The normalized spacial score (nSPS) is 10.2. The van der Waals surface area contributed by atoms with E-state index in [-0.39, 0.29) is 0 Å². The molecule has 0 fully saturated rings. The van der Waals surface area contributed by atoms with E-state index in [1.54, 1.807) is 12.1 Å². The number of aromatic nitrogens is 1. The summed E-state index contributed by atoms with van der Waals surface area (Å²) in [6.45, 7) is 2.18. The lowest BCUT2D eigenvalue weighted by Crippen LogP contribution is -2.10. The molecule has 0 bridgehead atoms. The number of rotatable bonds is 6. The number of aryl methyl sites for hydroxylation is 1. The Morgan fingerprint density at radius 3 is 2.50 bits per heavy atom. The van der Waals surface area contributed by atoms with Gasteiger partial charge in [-0.25, -0.2) is 4.98 Å². The molecule has 0 spiro atoms. The van der Waals surface area contributed by atoms with E-state index in [0.717, 1.165) is 12.2 Å². The Balaban J connectivity index is 2.00. The molecule has 0 aliphatic carbocycles. The molecule has 2 N–H and O–H groups in total. The second kappa shape index (κ2) is 6.70. The number of carbonyl (C=O) groups excluding carboxylic acids is 1. The smallest absolute Gasteiger partial charge is 0.250 e. The summed E-state index contributed by atoms with van der Waals surface area (Å²) >= 11 is 0. The zero-order valence-electron chi connectivity index (χ0n) is 11.5. The van der Waals surface area contributed by atoms with Gasteiger partial charge >= 0.3 is 0 Å². The van der Waals surface area contributed by atoms with E-state index in [4.69, 9.17) is 10.5 Å². The third kappa shape index (κ3) is 3.82. The first-order valence-corrected chi connectivity index (χ1v) is 6.71. The number of primary amides is 1. The average Bonchev–Trinajstić information content (AvgIpc) is 2.47. The first-order valence-electron chi connectivity index (χ1n) is 6.71. The number of carbonyl (C=O) groups is 1. The minimum atomic E-state index is -0.496. The second-order valence-electron chi connectivity index (χ2n) is 4.60. The van der Waals surface area contributed by atoms with E-state index in [0.29, 0.717) is 11.4 Å². The summed E-state index contributed by atoms with van der Waals surface area (Å²) in [6.07, 6.45) is 4.88. The number of amides is 1. The van der Waals surface area contributed by atoms with Gasteiger partial charge in [-0.2, -0.15) is 0 Å². The molecule has 2 rings (SSSR count). The molecular formula is C16H18N2O2. The van der Waals surface area contributed by atoms with Gasteiger partial charge in [-0.15, -0.1) is 0 Å². The van der Waals surface area contributed by atoms with Crippen molar-refractivity contribution in [3.63, 3.8) is 0 Å². The molecule has 2 aromatic rings. The fourth-order valence-corrected chi connectivity index (χ4v) is 1.81. The van der Waals surface area contributed by atoms with Crippen LogP contribution < -0.4 is 10.5 Å². The largest absolute Gasteiger partial charge is 0.439 e. The van der Waals surface area contributed by atoms with Gasteiger partial charge in [-0.1, -0.05) is 25.5 Å². The molecule has 0 saturated carbocycles. The first kappa shape index (κ1) is 14.1. The average molecular weight is 270 g/mol. The van der Waals surface area contributed by atoms with Crippen LogP contribution in [0.1, 0.15) is 35.7 Å². The summed E-state index contributed by atoms with van der Waals surface area (Å²) in [6, 6.07) is 11.2. The number of nitrogens with two attached hydrogens (primary N) is 1. The van der Waals surface area contributed by atoms with Gasteiger partial charge < -0.3 is 10.5 Å². The van der Waals surface area contributed by atoms with E-state index in [1.807, 2.05) is 12.1 Å². The minimum Gasteiger partial charge on any atom is -0.439 e. The number of pyridine rings is 1. The number of ether oxygens (including phenoxy) is 1. The molecule has 0 radical (unpaired) electrons. The Hall–Kier alpha value is -2.36. The van der Waals surface area contributed by atoms with Gasteiger partial charge in [0.15, 0.2) is 0 Å². The van der Waals surface area contributed by atoms with Crippen LogP contribution in [-0.2, 0) is 6.42 Å². The highest BCUT2D eigenvalue weighted by Gasteiger charge is 2.03. The van der Waals surface area contributed by atoms with Crippen LogP contribution >= 0.6 is 0 Å². The summed E-state index contributed by atoms with van der Waals surface area (Å²) in [5.41, 5.74) is 6.82. The molecule has 0 unspecified atom stereocenters. The van der Waals surface area contributed by atoms with E-state index in [9.17, 15) is 4.79 Å². The van der Waals surface area contributed by atoms with Gasteiger partial charge in [0, 0.05) is 12.3 Å². The molecule has 0 aliphatic rings. The number of benzene rings is 1. The monoisotopic (exact) mass is 270 g/mol. The van der Waals surface area contributed by atoms with Crippen molar-refractivity contribution in [1.82, 2.24) is 4.98 Å². The standard InChI is InChI=1S/C16H18N2O2/c1-2-3-4-12-5-8-14(9-6-12)20-15-10-7-13(11-18-15)16(17)19/h5-11H,2-4H2,1H3,(H2,17,19). The van der Waals surface area contributed by atoms with Crippen LogP contribution in [0.4, 0.5) is 0 Å². The predicted molar refractivity (Wildman–Crippen MR) is 77.9 cm³/mol. The van der Waals surface area contributed by atoms with Crippen LogP contribution in [0.15, 0.2) is 42.6 Å². The maximum Gasteiger partial charge on any atom is 0.250 e. The lowest BCUT2D eigenvalue weighted by molar-refractivity contribution is 0.1000. The maximum atomic E-state index is 10.9. The number of hydrogen-bond donors (Lipinski definition) is 1. The summed E-state index contributed by atoms with van der Waals surface area (Å²) < 4.78 is 5.61. The SMILES string of the molecule is CCCCc1ccc(Oc2ccc(C(N)=O)cn2)cc1. The topological polar surface area (TPSA) is 65.2 Å². The number of nitrogens with zero attached hydrogens (tertiary/aromatic N) is 1. The van der Waals surface area contributed by atoms with Crippen LogP contribution in [0.3, 0.4) is 0 Å². The Labute approximate surface area is 118 Å². The number of unbranched alkanes of at least 4 members (excludes halogenated alkanes) is 1. The van der Waals surface area contributed by atoms with Crippen LogP contribution in [0.25, 0.3) is 0 Å². The molecular weight excluding hydrogens is 252 g/mol. The fourth-order valence-electron chi connectivity index (χ4n) is 1.81. The van der Waals surface area contributed by atoms with Crippen molar-refractivity contribution in [3.05, 3.63) is 53.7 Å². The van der Waals surface area contributed by atoms with Crippen molar-refractivity contribution in [2.75, 3.05) is 0 Å². The third-order valence-corrected chi connectivity index (χ3v) is 2.99. The molecule has 1 aromatic carbocycles. The van der Waals surface area contributed by atoms with E-state index in [2.05, 4.69) is 24.0 Å². The Morgan fingerprint density at radius 1 is 1.20 bits per heavy atom. The Bertz CT molecular complexity index is 562. The second-order valence-corrected chi connectivity index (χ2v) is 4.60. The molecule has 20 heavy (non-hydrogen) atoms. The van der Waals surface area contributed by atoms with E-state index in [1.165, 1.54) is 24.6 Å². The van der Waals surface area contributed by atoms with Crippen molar-refractivity contribution < 1.29 is 9.53 Å². The maximum absolute atomic E-state index is 10.9. The van der Waals surface area contributed by atoms with Crippen molar-refractivity contribution >= 4 is 5.91 Å². The van der Waals surface area contributed by atoms with E-state index >= 15 is 0 Å². The van der Waals surface area contributed by atoms with Gasteiger partial charge in [-0.3, -0.25) is 4.79 Å². The molecule has 1 amide bonds. The van der Waals surface area contributed by atoms with Crippen LogP contribution in [0.5, 0.6) is 11.6 Å².